The van der Waals surface area contributed by atoms with Gasteiger partial charge in [0.1, 0.15) is 0 Å². The monoisotopic (exact) mass is 334 g/mol. The van der Waals surface area contributed by atoms with Gasteiger partial charge in [-0.05, 0) is 30.5 Å². The number of nitrogens with two attached hydrogens (primary N) is 1. The van der Waals surface area contributed by atoms with Crippen LogP contribution in [0.25, 0.3) is 0 Å². The van der Waals surface area contributed by atoms with Crippen LogP contribution in [0.5, 0.6) is 0 Å². The van der Waals surface area contributed by atoms with Crippen molar-refractivity contribution in [1.29, 1.82) is 0 Å². The summed E-state index contributed by atoms with van der Waals surface area (Å²) < 4.78 is 54.1. The molecule has 118 valence electrons. The second-order valence-electron chi connectivity index (χ2n) is 4.99. The Hall–Kier alpha value is -1.00. The molecule has 1 aromatic rings. The average Bonchev–Trinajstić information content (AvgIpc) is 2.88. The molecule has 1 aliphatic rings. The molecule has 0 spiro atoms. The molecule has 1 atom stereocenters. The molecular formula is C12H18N2O5S2. The molecule has 0 aromatic heterocycles. The molecule has 1 saturated heterocycles. The van der Waals surface area contributed by atoms with E-state index in [2.05, 4.69) is 0 Å². The molecule has 2 rings (SSSR count). The standard InChI is InChI=1S/C12H18N2O5S2/c1-19-9-10-5-6-14(8-10)21(17,18)12-4-2-3-11(7-12)20(13,15)16/h2-4,7,10H,5-6,8-9H2,1H3,(H2,13,15,16). The quantitative estimate of drug-likeness (QED) is 0.815. The predicted octanol–water partition coefficient (Wildman–Crippen LogP) is -0.00900. The summed E-state index contributed by atoms with van der Waals surface area (Å²) in [6.07, 6.45) is 0.724. The zero-order valence-electron chi connectivity index (χ0n) is 11.6. The van der Waals surface area contributed by atoms with Crippen LogP contribution < -0.4 is 5.14 Å². The molecule has 0 saturated carbocycles. The number of benzene rings is 1. The van der Waals surface area contributed by atoms with Crippen molar-refractivity contribution in [2.45, 2.75) is 16.2 Å². The van der Waals surface area contributed by atoms with Crippen LogP contribution in [0.3, 0.4) is 0 Å². The van der Waals surface area contributed by atoms with Crippen LogP contribution in [-0.4, -0.2) is 47.9 Å². The third-order valence-electron chi connectivity index (χ3n) is 3.42. The number of sulfonamides is 2. The molecule has 0 bridgehead atoms. The van der Waals surface area contributed by atoms with Crippen molar-refractivity contribution < 1.29 is 21.6 Å². The Morgan fingerprint density at radius 3 is 2.57 bits per heavy atom. The maximum atomic E-state index is 12.5. The molecule has 7 nitrogen and oxygen atoms in total. The highest BCUT2D eigenvalue weighted by Gasteiger charge is 2.32. The Morgan fingerprint density at radius 2 is 1.95 bits per heavy atom. The Bertz CT molecular complexity index is 715. The van der Waals surface area contributed by atoms with Gasteiger partial charge in [0, 0.05) is 20.2 Å². The van der Waals surface area contributed by atoms with Gasteiger partial charge in [0.25, 0.3) is 0 Å². The van der Waals surface area contributed by atoms with Crippen molar-refractivity contribution >= 4 is 20.0 Å². The number of nitrogens with zero attached hydrogens (tertiary/aromatic N) is 1. The van der Waals surface area contributed by atoms with E-state index in [4.69, 9.17) is 9.88 Å². The SMILES string of the molecule is COCC1CCN(S(=O)(=O)c2cccc(S(N)(=O)=O)c2)C1. The highest BCUT2D eigenvalue weighted by Crippen LogP contribution is 2.25. The van der Waals surface area contributed by atoms with Gasteiger partial charge >= 0.3 is 0 Å². The highest BCUT2D eigenvalue weighted by atomic mass is 32.2. The lowest BCUT2D eigenvalue weighted by Crippen LogP contribution is -2.29. The summed E-state index contributed by atoms with van der Waals surface area (Å²) in [6.45, 7) is 1.27. The van der Waals surface area contributed by atoms with Crippen LogP contribution in [0.1, 0.15) is 6.42 Å². The lowest BCUT2D eigenvalue weighted by molar-refractivity contribution is 0.157. The molecule has 1 fully saturated rings. The van der Waals surface area contributed by atoms with Gasteiger partial charge in [0.15, 0.2) is 0 Å². The number of hydrogen-bond donors (Lipinski definition) is 1. The zero-order chi connectivity index (χ0) is 15.7. The minimum atomic E-state index is -3.93. The van der Waals surface area contributed by atoms with Crippen molar-refractivity contribution in [3.63, 3.8) is 0 Å². The van der Waals surface area contributed by atoms with Crippen molar-refractivity contribution in [2.24, 2.45) is 11.1 Å². The summed E-state index contributed by atoms with van der Waals surface area (Å²) >= 11 is 0. The van der Waals surface area contributed by atoms with Gasteiger partial charge < -0.3 is 4.74 Å². The van der Waals surface area contributed by atoms with Gasteiger partial charge in [0.2, 0.25) is 20.0 Å². The topological polar surface area (TPSA) is 107 Å². The predicted molar refractivity (Wildman–Crippen MR) is 76.6 cm³/mol. The Labute approximate surface area is 124 Å². The molecule has 9 heteroatoms. The van der Waals surface area contributed by atoms with Gasteiger partial charge in [0.05, 0.1) is 16.4 Å². The van der Waals surface area contributed by atoms with Crippen molar-refractivity contribution in [3.8, 4) is 0 Å². The summed E-state index contributed by atoms with van der Waals surface area (Å²) in [6, 6.07) is 5.10. The van der Waals surface area contributed by atoms with E-state index in [0.717, 1.165) is 12.5 Å². The molecule has 2 N–H and O–H groups in total. The molecule has 1 aromatic carbocycles. The Morgan fingerprint density at radius 1 is 1.29 bits per heavy atom. The summed E-state index contributed by atoms with van der Waals surface area (Å²) in [5.41, 5.74) is 0. The largest absolute Gasteiger partial charge is 0.384 e. The molecule has 0 aliphatic carbocycles. The van der Waals surface area contributed by atoms with Crippen LogP contribution in [0.15, 0.2) is 34.1 Å². The first-order valence-electron chi connectivity index (χ1n) is 6.37. The van der Waals surface area contributed by atoms with E-state index < -0.39 is 20.0 Å². The molecular weight excluding hydrogens is 316 g/mol. The van der Waals surface area contributed by atoms with E-state index in [1.54, 1.807) is 7.11 Å². The fourth-order valence-corrected chi connectivity index (χ4v) is 4.56. The third-order valence-corrected chi connectivity index (χ3v) is 6.19. The first kappa shape index (κ1) is 16.4. The second kappa shape index (κ2) is 6.01. The maximum absolute atomic E-state index is 12.5. The summed E-state index contributed by atoms with van der Waals surface area (Å²) in [5, 5.41) is 5.03. The van der Waals surface area contributed by atoms with Crippen LogP contribution in [0.2, 0.25) is 0 Å². The van der Waals surface area contributed by atoms with E-state index in [-0.39, 0.29) is 15.7 Å². The number of methoxy groups -OCH3 is 1. The summed E-state index contributed by atoms with van der Waals surface area (Å²) in [7, 11) is -6.07. The van der Waals surface area contributed by atoms with Gasteiger partial charge in [-0.1, -0.05) is 6.07 Å². The highest BCUT2D eigenvalue weighted by molar-refractivity contribution is 7.90. The minimum absolute atomic E-state index is 0.0629. The average molecular weight is 334 g/mol. The molecule has 1 unspecified atom stereocenters. The molecule has 0 radical (unpaired) electrons. The van der Waals surface area contributed by atoms with Crippen LogP contribution >= 0.6 is 0 Å². The van der Waals surface area contributed by atoms with Crippen LogP contribution in [0.4, 0.5) is 0 Å². The number of hydrogen-bond acceptors (Lipinski definition) is 5. The number of ether oxygens (including phenoxy) is 1. The maximum Gasteiger partial charge on any atom is 0.243 e. The lowest BCUT2D eigenvalue weighted by atomic mass is 10.1. The normalized spacial score (nSPS) is 20.8. The Balaban J connectivity index is 2.29. The van der Waals surface area contributed by atoms with Gasteiger partial charge in [-0.25, -0.2) is 22.0 Å². The van der Waals surface area contributed by atoms with Crippen molar-refractivity contribution in [1.82, 2.24) is 4.31 Å². The van der Waals surface area contributed by atoms with Gasteiger partial charge in [-0.2, -0.15) is 4.31 Å². The smallest absolute Gasteiger partial charge is 0.243 e. The summed E-state index contributed by atoms with van der Waals surface area (Å²) in [4.78, 5) is -0.275. The van der Waals surface area contributed by atoms with Gasteiger partial charge in [-0.15, -0.1) is 0 Å². The molecule has 1 aliphatic heterocycles. The van der Waals surface area contributed by atoms with Crippen molar-refractivity contribution in [2.75, 3.05) is 26.8 Å². The fourth-order valence-electron chi connectivity index (χ4n) is 2.35. The van der Waals surface area contributed by atoms with E-state index in [9.17, 15) is 16.8 Å². The van der Waals surface area contributed by atoms with Crippen molar-refractivity contribution in [3.05, 3.63) is 24.3 Å². The number of primary sulfonamides is 1. The van der Waals surface area contributed by atoms with E-state index >= 15 is 0 Å². The molecule has 0 amide bonds. The first-order chi connectivity index (χ1) is 9.75. The van der Waals surface area contributed by atoms with Crippen LogP contribution in [-0.2, 0) is 24.8 Å². The lowest BCUT2D eigenvalue weighted by Gasteiger charge is -2.17. The van der Waals surface area contributed by atoms with Crippen LogP contribution in [0, 0.1) is 5.92 Å². The minimum Gasteiger partial charge on any atom is -0.384 e. The second-order valence-corrected chi connectivity index (χ2v) is 8.49. The van der Waals surface area contributed by atoms with Gasteiger partial charge in [-0.3, -0.25) is 0 Å². The third kappa shape index (κ3) is 3.61. The molecule has 1 heterocycles. The zero-order valence-corrected chi connectivity index (χ0v) is 13.2. The Kier molecular flexibility index (Phi) is 4.69. The number of rotatable bonds is 5. The first-order valence-corrected chi connectivity index (χ1v) is 9.36. The van der Waals surface area contributed by atoms with E-state index in [1.165, 1.54) is 22.5 Å². The van der Waals surface area contributed by atoms with E-state index in [0.29, 0.717) is 19.7 Å². The fraction of sp³-hybridized carbons (Fsp3) is 0.500. The van der Waals surface area contributed by atoms with E-state index in [1.807, 2.05) is 0 Å². The summed E-state index contributed by atoms with van der Waals surface area (Å²) in [5.74, 6) is 0.159. The molecule has 21 heavy (non-hydrogen) atoms.